The third kappa shape index (κ3) is 1.25. The molecule has 2 saturated heterocycles. The van der Waals surface area contributed by atoms with E-state index < -0.39 is 0 Å². The lowest BCUT2D eigenvalue weighted by Crippen LogP contribution is -2.60. The van der Waals surface area contributed by atoms with Crippen molar-refractivity contribution in [2.24, 2.45) is 5.73 Å². The van der Waals surface area contributed by atoms with Crippen molar-refractivity contribution in [1.29, 1.82) is 0 Å². The SMILES string of the molecule is CN1C[C@H](N)[C@@H](c2ccccc2)C12COC2. The molecule has 2 fully saturated rings. The van der Waals surface area contributed by atoms with E-state index in [-0.39, 0.29) is 11.6 Å². The van der Waals surface area contributed by atoms with Gasteiger partial charge in [0.05, 0.1) is 18.8 Å². The zero-order valence-corrected chi connectivity index (χ0v) is 9.60. The van der Waals surface area contributed by atoms with E-state index in [1.54, 1.807) is 0 Å². The molecule has 2 heterocycles. The standard InChI is InChI=1S/C13H18N2O/c1-15-7-11(14)12(13(15)8-16-9-13)10-5-3-2-4-6-10/h2-6,11-12H,7-9,14H2,1H3/t11-,12+/m0/s1. The molecule has 3 heteroatoms. The predicted octanol–water partition coefficient (Wildman–Crippen LogP) is 0.812. The van der Waals surface area contributed by atoms with E-state index in [0.717, 1.165) is 19.8 Å². The van der Waals surface area contributed by atoms with Crippen LogP contribution in [0.2, 0.25) is 0 Å². The minimum atomic E-state index is 0.154. The topological polar surface area (TPSA) is 38.5 Å². The number of benzene rings is 1. The lowest BCUT2D eigenvalue weighted by Gasteiger charge is -2.47. The van der Waals surface area contributed by atoms with E-state index in [1.165, 1.54) is 5.56 Å². The predicted molar refractivity (Wildman–Crippen MR) is 63.3 cm³/mol. The second-order valence-corrected chi connectivity index (χ2v) is 5.03. The smallest absolute Gasteiger partial charge is 0.0761 e. The van der Waals surface area contributed by atoms with Crippen molar-refractivity contribution in [3.8, 4) is 0 Å². The number of hydrogen-bond acceptors (Lipinski definition) is 3. The summed E-state index contributed by atoms with van der Waals surface area (Å²) in [5.41, 5.74) is 7.79. The van der Waals surface area contributed by atoms with Crippen molar-refractivity contribution in [2.45, 2.75) is 17.5 Å². The summed E-state index contributed by atoms with van der Waals surface area (Å²) < 4.78 is 5.43. The van der Waals surface area contributed by atoms with Crippen LogP contribution in [-0.4, -0.2) is 43.3 Å². The molecule has 2 aliphatic rings. The Labute approximate surface area is 96.2 Å². The van der Waals surface area contributed by atoms with Gasteiger partial charge >= 0.3 is 0 Å². The van der Waals surface area contributed by atoms with E-state index in [2.05, 4.69) is 42.3 Å². The van der Waals surface area contributed by atoms with E-state index in [0.29, 0.717) is 5.92 Å². The van der Waals surface area contributed by atoms with Crippen molar-refractivity contribution >= 4 is 0 Å². The maximum Gasteiger partial charge on any atom is 0.0761 e. The highest BCUT2D eigenvalue weighted by Gasteiger charge is 2.56. The second-order valence-electron chi connectivity index (χ2n) is 5.03. The Morgan fingerprint density at radius 2 is 2.00 bits per heavy atom. The van der Waals surface area contributed by atoms with Crippen LogP contribution in [0.3, 0.4) is 0 Å². The van der Waals surface area contributed by atoms with Crippen molar-refractivity contribution in [2.75, 3.05) is 26.8 Å². The van der Waals surface area contributed by atoms with Gasteiger partial charge in [-0.2, -0.15) is 0 Å². The maximum atomic E-state index is 6.29. The van der Waals surface area contributed by atoms with Gasteiger partial charge in [-0.1, -0.05) is 30.3 Å². The summed E-state index contributed by atoms with van der Waals surface area (Å²) in [7, 11) is 2.16. The van der Waals surface area contributed by atoms with E-state index in [4.69, 9.17) is 10.5 Å². The molecule has 0 aromatic heterocycles. The van der Waals surface area contributed by atoms with Gasteiger partial charge in [0.2, 0.25) is 0 Å². The fourth-order valence-corrected chi connectivity index (χ4v) is 3.17. The van der Waals surface area contributed by atoms with E-state index in [1.807, 2.05) is 0 Å². The van der Waals surface area contributed by atoms with Gasteiger partial charge in [0.15, 0.2) is 0 Å². The molecule has 2 N–H and O–H groups in total. The average Bonchev–Trinajstić information content (AvgIpc) is 2.50. The van der Waals surface area contributed by atoms with Crippen molar-refractivity contribution in [3.05, 3.63) is 35.9 Å². The summed E-state index contributed by atoms with van der Waals surface area (Å²) >= 11 is 0. The molecule has 16 heavy (non-hydrogen) atoms. The molecular weight excluding hydrogens is 200 g/mol. The number of likely N-dealkylation sites (tertiary alicyclic amines) is 1. The molecule has 86 valence electrons. The van der Waals surface area contributed by atoms with E-state index >= 15 is 0 Å². The molecule has 1 aromatic rings. The molecule has 0 radical (unpaired) electrons. The van der Waals surface area contributed by atoms with Crippen LogP contribution in [0, 0.1) is 0 Å². The number of nitrogens with zero attached hydrogens (tertiary/aromatic N) is 1. The summed E-state index contributed by atoms with van der Waals surface area (Å²) in [6.45, 7) is 2.59. The molecular formula is C13H18N2O. The fourth-order valence-electron chi connectivity index (χ4n) is 3.17. The van der Waals surface area contributed by atoms with Crippen LogP contribution >= 0.6 is 0 Å². The first-order valence-corrected chi connectivity index (χ1v) is 5.83. The quantitative estimate of drug-likeness (QED) is 0.758. The van der Waals surface area contributed by atoms with E-state index in [9.17, 15) is 0 Å². The molecule has 2 aliphatic heterocycles. The Balaban J connectivity index is 1.99. The zero-order chi connectivity index (χ0) is 11.2. The summed E-state index contributed by atoms with van der Waals surface area (Å²) in [6.07, 6.45) is 0. The molecule has 1 spiro atoms. The highest BCUT2D eigenvalue weighted by atomic mass is 16.5. The highest BCUT2D eigenvalue weighted by Crippen LogP contribution is 2.45. The van der Waals surface area contributed by atoms with Gasteiger partial charge in [-0.25, -0.2) is 0 Å². The van der Waals surface area contributed by atoms with Crippen molar-refractivity contribution < 1.29 is 4.74 Å². The van der Waals surface area contributed by atoms with Crippen LogP contribution in [0.15, 0.2) is 30.3 Å². The minimum absolute atomic E-state index is 0.154. The van der Waals surface area contributed by atoms with Crippen LogP contribution in [0.25, 0.3) is 0 Å². The Bertz CT molecular complexity index is 375. The van der Waals surface area contributed by atoms with Crippen molar-refractivity contribution in [1.82, 2.24) is 4.90 Å². The Morgan fingerprint density at radius 1 is 1.31 bits per heavy atom. The lowest BCUT2D eigenvalue weighted by atomic mass is 9.77. The first-order valence-electron chi connectivity index (χ1n) is 5.83. The first kappa shape index (κ1) is 10.3. The van der Waals surface area contributed by atoms with Crippen LogP contribution in [-0.2, 0) is 4.74 Å². The van der Waals surface area contributed by atoms with Crippen LogP contribution in [0.1, 0.15) is 11.5 Å². The third-order valence-electron chi connectivity index (χ3n) is 4.11. The molecule has 2 atom stereocenters. The minimum Gasteiger partial charge on any atom is -0.377 e. The second kappa shape index (κ2) is 3.55. The van der Waals surface area contributed by atoms with Gasteiger partial charge in [0.25, 0.3) is 0 Å². The molecule has 0 saturated carbocycles. The van der Waals surface area contributed by atoms with Gasteiger partial charge < -0.3 is 10.5 Å². The van der Waals surface area contributed by atoms with Gasteiger partial charge in [0.1, 0.15) is 0 Å². The van der Waals surface area contributed by atoms with Crippen LogP contribution in [0.5, 0.6) is 0 Å². The summed E-state index contributed by atoms with van der Waals surface area (Å²) in [6, 6.07) is 10.8. The monoisotopic (exact) mass is 218 g/mol. The number of nitrogens with two attached hydrogens (primary N) is 1. The number of rotatable bonds is 1. The number of hydrogen-bond donors (Lipinski definition) is 1. The largest absolute Gasteiger partial charge is 0.377 e. The molecule has 0 amide bonds. The van der Waals surface area contributed by atoms with Crippen molar-refractivity contribution in [3.63, 3.8) is 0 Å². The summed E-state index contributed by atoms with van der Waals surface area (Å²) in [5.74, 6) is 0.410. The Morgan fingerprint density at radius 3 is 2.56 bits per heavy atom. The molecule has 0 unspecified atom stereocenters. The van der Waals surface area contributed by atoms with Gasteiger partial charge in [0, 0.05) is 18.5 Å². The van der Waals surface area contributed by atoms with Crippen LogP contribution in [0.4, 0.5) is 0 Å². The summed E-state index contributed by atoms with van der Waals surface area (Å²) in [5, 5.41) is 0. The molecule has 3 rings (SSSR count). The van der Waals surface area contributed by atoms with Gasteiger partial charge in [-0.3, -0.25) is 4.90 Å². The Kier molecular flexibility index (Phi) is 2.28. The van der Waals surface area contributed by atoms with Crippen LogP contribution < -0.4 is 5.73 Å². The fraction of sp³-hybridized carbons (Fsp3) is 0.538. The van der Waals surface area contributed by atoms with Gasteiger partial charge in [-0.05, 0) is 12.6 Å². The summed E-state index contributed by atoms with van der Waals surface area (Å²) in [4.78, 5) is 2.37. The first-order chi connectivity index (χ1) is 7.74. The normalized spacial score (nSPS) is 32.9. The van der Waals surface area contributed by atoms with Gasteiger partial charge in [-0.15, -0.1) is 0 Å². The average molecular weight is 218 g/mol. The molecule has 0 bridgehead atoms. The highest BCUT2D eigenvalue weighted by molar-refractivity contribution is 5.30. The maximum absolute atomic E-state index is 6.29. The third-order valence-corrected chi connectivity index (χ3v) is 4.11. The number of ether oxygens (including phenoxy) is 1. The lowest BCUT2D eigenvalue weighted by molar-refractivity contribution is -0.123. The Hall–Kier alpha value is -0.900. The number of likely N-dealkylation sites (N-methyl/N-ethyl adjacent to an activating group) is 1. The molecule has 0 aliphatic carbocycles. The zero-order valence-electron chi connectivity index (χ0n) is 9.60. The molecule has 3 nitrogen and oxygen atoms in total. The molecule has 1 aromatic carbocycles.